The Morgan fingerprint density at radius 1 is 1.05 bits per heavy atom. The molecule has 0 aromatic heterocycles. The molecule has 1 rings (SSSR count). The summed E-state index contributed by atoms with van der Waals surface area (Å²) in [6.07, 6.45) is 5.87. The number of esters is 1. The fraction of sp³-hybridized carbons (Fsp3) is 0.500. The lowest BCUT2D eigenvalue weighted by molar-refractivity contribution is -0.131. The van der Waals surface area contributed by atoms with Crippen molar-refractivity contribution in [1.82, 2.24) is 5.32 Å². The Labute approximate surface area is 120 Å². The van der Waals surface area contributed by atoms with Crippen LogP contribution in [-0.2, 0) is 4.79 Å². The summed E-state index contributed by atoms with van der Waals surface area (Å²) in [5, 5.41) is 2.89. The summed E-state index contributed by atoms with van der Waals surface area (Å²) in [5.41, 5.74) is 0.578. The molecule has 4 heteroatoms. The van der Waals surface area contributed by atoms with Crippen LogP contribution in [0.5, 0.6) is 5.75 Å². The molecule has 0 saturated heterocycles. The molecular weight excluding hydrogens is 254 g/mol. The van der Waals surface area contributed by atoms with Crippen LogP contribution in [0.3, 0.4) is 0 Å². The maximum atomic E-state index is 11.8. The lowest BCUT2D eigenvalue weighted by Gasteiger charge is -2.06. The number of ether oxygens (including phenoxy) is 1. The van der Waals surface area contributed by atoms with Crippen LogP contribution < -0.4 is 10.1 Å². The van der Waals surface area contributed by atoms with Crippen molar-refractivity contribution in [3.05, 3.63) is 29.8 Å². The Balaban J connectivity index is 2.30. The number of benzene rings is 1. The second-order valence-corrected chi connectivity index (χ2v) is 4.79. The molecule has 0 radical (unpaired) electrons. The first kappa shape index (κ1) is 16.2. The van der Waals surface area contributed by atoms with Crippen LogP contribution in [0.2, 0.25) is 0 Å². The van der Waals surface area contributed by atoms with Gasteiger partial charge >= 0.3 is 5.97 Å². The summed E-state index contributed by atoms with van der Waals surface area (Å²) < 4.78 is 4.91. The molecule has 0 heterocycles. The van der Waals surface area contributed by atoms with Crippen LogP contribution >= 0.6 is 0 Å². The number of unbranched alkanes of at least 4 members (excludes halogenated alkanes) is 4. The molecule has 1 amide bonds. The van der Waals surface area contributed by atoms with Crippen molar-refractivity contribution in [3.63, 3.8) is 0 Å². The van der Waals surface area contributed by atoms with E-state index in [0.717, 1.165) is 12.8 Å². The third-order valence-corrected chi connectivity index (χ3v) is 2.94. The Bertz CT molecular complexity index is 426. The van der Waals surface area contributed by atoms with E-state index in [2.05, 4.69) is 12.2 Å². The molecule has 20 heavy (non-hydrogen) atoms. The smallest absolute Gasteiger partial charge is 0.308 e. The first-order valence-electron chi connectivity index (χ1n) is 7.20. The van der Waals surface area contributed by atoms with Gasteiger partial charge in [-0.15, -0.1) is 0 Å². The van der Waals surface area contributed by atoms with Gasteiger partial charge in [-0.1, -0.05) is 32.6 Å². The molecule has 0 saturated carbocycles. The number of nitrogens with one attached hydrogen (secondary N) is 1. The zero-order chi connectivity index (χ0) is 14.8. The lowest BCUT2D eigenvalue weighted by Crippen LogP contribution is -2.24. The van der Waals surface area contributed by atoms with Gasteiger partial charge in [-0.3, -0.25) is 9.59 Å². The van der Waals surface area contributed by atoms with Gasteiger partial charge in [-0.2, -0.15) is 0 Å². The molecule has 0 bridgehead atoms. The molecule has 4 nitrogen and oxygen atoms in total. The minimum Gasteiger partial charge on any atom is -0.427 e. The van der Waals surface area contributed by atoms with Crippen molar-refractivity contribution in [2.45, 2.75) is 46.0 Å². The molecule has 0 aliphatic carbocycles. The van der Waals surface area contributed by atoms with E-state index in [0.29, 0.717) is 17.9 Å². The molecule has 110 valence electrons. The molecule has 0 aliphatic heterocycles. The van der Waals surface area contributed by atoms with E-state index in [1.807, 2.05) is 0 Å². The number of hydrogen-bond donors (Lipinski definition) is 1. The van der Waals surface area contributed by atoms with Gasteiger partial charge in [-0.25, -0.2) is 0 Å². The van der Waals surface area contributed by atoms with E-state index in [1.54, 1.807) is 24.3 Å². The summed E-state index contributed by atoms with van der Waals surface area (Å²) in [5.74, 6) is -0.00207. The molecule has 0 aliphatic rings. The van der Waals surface area contributed by atoms with E-state index >= 15 is 0 Å². The first-order valence-corrected chi connectivity index (χ1v) is 7.20. The Kier molecular flexibility index (Phi) is 7.40. The summed E-state index contributed by atoms with van der Waals surface area (Å²) >= 11 is 0. The number of amides is 1. The van der Waals surface area contributed by atoms with Crippen LogP contribution in [0.1, 0.15) is 56.3 Å². The van der Waals surface area contributed by atoms with Crippen molar-refractivity contribution in [2.75, 3.05) is 6.54 Å². The predicted octanol–water partition coefficient (Wildman–Crippen LogP) is 3.31. The SMILES string of the molecule is CCCCCCCNC(=O)c1ccc(OC(C)=O)cc1. The van der Waals surface area contributed by atoms with Crippen molar-refractivity contribution in [3.8, 4) is 5.75 Å². The highest BCUT2D eigenvalue weighted by molar-refractivity contribution is 5.94. The highest BCUT2D eigenvalue weighted by Gasteiger charge is 2.05. The standard InChI is InChI=1S/C16H23NO3/c1-3-4-5-6-7-12-17-16(19)14-8-10-15(11-9-14)20-13(2)18/h8-11H,3-7,12H2,1-2H3,(H,17,19). The highest BCUT2D eigenvalue weighted by atomic mass is 16.5. The van der Waals surface area contributed by atoms with E-state index in [1.165, 1.54) is 26.2 Å². The van der Waals surface area contributed by atoms with E-state index in [4.69, 9.17) is 4.74 Å². The minimum absolute atomic E-state index is 0.0881. The van der Waals surface area contributed by atoms with Gasteiger partial charge in [-0.05, 0) is 30.7 Å². The quantitative estimate of drug-likeness (QED) is 0.450. The summed E-state index contributed by atoms with van der Waals surface area (Å²) in [4.78, 5) is 22.6. The zero-order valence-electron chi connectivity index (χ0n) is 12.3. The van der Waals surface area contributed by atoms with Crippen molar-refractivity contribution in [1.29, 1.82) is 0 Å². The topological polar surface area (TPSA) is 55.4 Å². The second-order valence-electron chi connectivity index (χ2n) is 4.79. The minimum atomic E-state index is -0.366. The van der Waals surface area contributed by atoms with Crippen molar-refractivity contribution in [2.24, 2.45) is 0 Å². The third-order valence-electron chi connectivity index (χ3n) is 2.94. The average molecular weight is 277 g/mol. The Hall–Kier alpha value is -1.84. The van der Waals surface area contributed by atoms with Crippen molar-refractivity contribution < 1.29 is 14.3 Å². The molecule has 0 spiro atoms. The van der Waals surface area contributed by atoms with Gasteiger partial charge in [0.15, 0.2) is 0 Å². The summed E-state index contributed by atoms with van der Waals surface area (Å²) in [6.45, 7) is 4.23. The van der Waals surface area contributed by atoms with E-state index < -0.39 is 0 Å². The lowest BCUT2D eigenvalue weighted by atomic mass is 10.1. The molecule has 0 fully saturated rings. The van der Waals surface area contributed by atoms with Gasteiger partial charge < -0.3 is 10.1 Å². The number of carbonyl (C=O) groups excluding carboxylic acids is 2. The fourth-order valence-corrected chi connectivity index (χ4v) is 1.87. The zero-order valence-corrected chi connectivity index (χ0v) is 12.3. The summed E-state index contributed by atoms with van der Waals surface area (Å²) in [6, 6.07) is 6.56. The number of hydrogen-bond acceptors (Lipinski definition) is 3. The number of carbonyl (C=O) groups is 2. The van der Waals surface area contributed by atoms with Gasteiger partial charge in [0, 0.05) is 19.0 Å². The highest BCUT2D eigenvalue weighted by Crippen LogP contribution is 2.12. The van der Waals surface area contributed by atoms with Gasteiger partial charge in [0.2, 0.25) is 0 Å². The number of rotatable bonds is 8. The van der Waals surface area contributed by atoms with Gasteiger partial charge in [0.25, 0.3) is 5.91 Å². The molecule has 1 aromatic rings. The maximum absolute atomic E-state index is 11.8. The second kappa shape index (κ2) is 9.13. The fourth-order valence-electron chi connectivity index (χ4n) is 1.87. The third kappa shape index (κ3) is 6.36. The first-order chi connectivity index (χ1) is 9.63. The largest absolute Gasteiger partial charge is 0.427 e. The van der Waals surface area contributed by atoms with Gasteiger partial charge in [0.05, 0.1) is 0 Å². The predicted molar refractivity (Wildman–Crippen MR) is 78.8 cm³/mol. The maximum Gasteiger partial charge on any atom is 0.308 e. The summed E-state index contributed by atoms with van der Waals surface area (Å²) in [7, 11) is 0. The van der Waals surface area contributed by atoms with Crippen LogP contribution in [0, 0.1) is 0 Å². The van der Waals surface area contributed by atoms with E-state index in [9.17, 15) is 9.59 Å². The molecular formula is C16H23NO3. The van der Waals surface area contributed by atoms with Crippen LogP contribution in [0.15, 0.2) is 24.3 Å². The molecule has 1 N–H and O–H groups in total. The monoisotopic (exact) mass is 277 g/mol. The Morgan fingerprint density at radius 3 is 2.30 bits per heavy atom. The van der Waals surface area contributed by atoms with Crippen molar-refractivity contribution >= 4 is 11.9 Å². The van der Waals surface area contributed by atoms with Gasteiger partial charge in [0.1, 0.15) is 5.75 Å². The van der Waals surface area contributed by atoms with Crippen LogP contribution in [-0.4, -0.2) is 18.4 Å². The average Bonchev–Trinajstić information content (AvgIpc) is 2.42. The molecule has 0 unspecified atom stereocenters. The van der Waals surface area contributed by atoms with E-state index in [-0.39, 0.29) is 11.9 Å². The van der Waals surface area contributed by atoms with Crippen LogP contribution in [0.4, 0.5) is 0 Å². The Morgan fingerprint density at radius 2 is 1.70 bits per heavy atom. The van der Waals surface area contributed by atoms with Crippen LogP contribution in [0.25, 0.3) is 0 Å². The normalized spacial score (nSPS) is 10.1. The molecule has 1 aromatic carbocycles. The molecule has 0 atom stereocenters.